The molecule has 0 bridgehead atoms. The molecule has 0 aliphatic rings. The maximum atomic E-state index is 13.5. The molecule has 180 valence electrons. The van der Waals surface area contributed by atoms with Gasteiger partial charge in [-0.2, -0.15) is 13.2 Å². The van der Waals surface area contributed by atoms with Gasteiger partial charge >= 0.3 is 6.18 Å². The molecule has 3 rings (SSSR count). The molecule has 0 heterocycles. The molecule has 10 heteroatoms. The van der Waals surface area contributed by atoms with Crippen LogP contribution in [0.4, 0.5) is 18.9 Å². The van der Waals surface area contributed by atoms with Crippen LogP contribution in [0.3, 0.4) is 0 Å². The molecule has 3 aromatic rings. The number of halogens is 4. The SMILES string of the molecule is Cc1ccc(S(=O)(=O)N(CC(=O)N(C)Cc2ccccc2)c2ccc(Cl)c(C(F)(F)F)c2)cc1. The molecule has 0 N–H and O–H groups in total. The second-order valence-electron chi connectivity index (χ2n) is 7.72. The average molecular weight is 511 g/mol. The van der Waals surface area contributed by atoms with Crippen LogP contribution in [-0.2, 0) is 27.5 Å². The minimum atomic E-state index is -4.81. The van der Waals surface area contributed by atoms with E-state index in [2.05, 4.69) is 0 Å². The van der Waals surface area contributed by atoms with Gasteiger partial charge in [0.15, 0.2) is 0 Å². The lowest BCUT2D eigenvalue weighted by atomic mass is 10.2. The summed E-state index contributed by atoms with van der Waals surface area (Å²) in [7, 11) is -2.88. The smallest absolute Gasteiger partial charge is 0.340 e. The predicted octanol–water partition coefficient (Wildman–Crippen LogP) is 5.52. The second-order valence-corrected chi connectivity index (χ2v) is 9.99. The predicted molar refractivity (Wildman–Crippen MR) is 125 cm³/mol. The summed E-state index contributed by atoms with van der Waals surface area (Å²) in [6.07, 6.45) is -4.81. The number of alkyl halides is 3. The summed E-state index contributed by atoms with van der Waals surface area (Å²) in [5.41, 5.74) is 0.104. The van der Waals surface area contributed by atoms with E-state index in [-0.39, 0.29) is 17.1 Å². The van der Waals surface area contributed by atoms with Gasteiger partial charge in [0.05, 0.1) is 21.2 Å². The third-order valence-electron chi connectivity index (χ3n) is 5.12. The zero-order valence-electron chi connectivity index (χ0n) is 18.4. The molecule has 34 heavy (non-hydrogen) atoms. The summed E-state index contributed by atoms with van der Waals surface area (Å²) in [4.78, 5) is 14.1. The van der Waals surface area contributed by atoms with Crippen molar-refractivity contribution >= 4 is 33.2 Å². The fourth-order valence-corrected chi connectivity index (χ4v) is 4.86. The van der Waals surface area contributed by atoms with Crippen molar-refractivity contribution in [3.63, 3.8) is 0 Å². The Hall–Kier alpha value is -3.04. The molecule has 0 atom stereocenters. The first-order chi connectivity index (χ1) is 15.9. The Labute approximate surface area is 201 Å². The van der Waals surface area contributed by atoms with Crippen molar-refractivity contribution in [2.45, 2.75) is 24.5 Å². The number of rotatable bonds is 7. The number of hydrogen-bond donors (Lipinski definition) is 0. The molecule has 5 nitrogen and oxygen atoms in total. The first-order valence-corrected chi connectivity index (χ1v) is 12.0. The number of hydrogen-bond acceptors (Lipinski definition) is 3. The van der Waals surface area contributed by atoms with Gasteiger partial charge in [-0.1, -0.05) is 59.6 Å². The normalized spacial score (nSPS) is 11.8. The molecular formula is C24H22ClF3N2O3S. The highest BCUT2D eigenvalue weighted by Gasteiger charge is 2.35. The quantitative estimate of drug-likeness (QED) is 0.420. The molecule has 0 unspecified atom stereocenters. The zero-order chi connectivity index (χ0) is 25.1. The van der Waals surface area contributed by atoms with Crippen LogP contribution < -0.4 is 4.31 Å². The number of benzene rings is 3. The van der Waals surface area contributed by atoms with Crippen molar-refractivity contribution in [1.82, 2.24) is 4.90 Å². The molecule has 0 spiro atoms. The molecule has 3 aromatic carbocycles. The number of anilines is 1. The van der Waals surface area contributed by atoms with E-state index in [1.54, 1.807) is 43.3 Å². The van der Waals surface area contributed by atoms with Crippen LogP contribution in [0.15, 0.2) is 77.7 Å². The summed E-state index contributed by atoms with van der Waals surface area (Å²) >= 11 is 5.72. The van der Waals surface area contributed by atoms with Gasteiger partial charge in [-0.3, -0.25) is 9.10 Å². The van der Waals surface area contributed by atoms with Gasteiger partial charge in [-0.25, -0.2) is 8.42 Å². The maximum absolute atomic E-state index is 13.5. The molecule has 0 radical (unpaired) electrons. The lowest BCUT2D eigenvalue weighted by molar-refractivity contribution is -0.137. The first kappa shape index (κ1) is 25.6. The van der Waals surface area contributed by atoms with Gasteiger partial charge in [0.25, 0.3) is 10.0 Å². The van der Waals surface area contributed by atoms with Crippen molar-refractivity contribution in [3.8, 4) is 0 Å². The van der Waals surface area contributed by atoms with Crippen molar-refractivity contribution in [1.29, 1.82) is 0 Å². The Bertz CT molecular complexity index is 1260. The first-order valence-electron chi connectivity index (χ1n) is 10.1. The Balaban J connectivity index is 2.02. The molecular weight excluding hydrogens is 489 g/mol. The van der Waals surface area contributed by atoms with Crippen molar-refractivity contribution in [2.24, 2.45) is 0 Å². The van der Waals surface area contributed by atoms with E-state index in [0.29, 0.717) is 10.4 Å². The number of carbonyl (C=O) groups excluding carboxylic acids is 1. The van der Waals surface area contributed by atoms with E-state index in [1.165, 1.54) is 24.1 Å². The van der Waals surface area contributed by atoms with E-state index in [9.17, 15) is 26.4 Å². The van der Waals surface area contributed by atoms with Crippen molar-refractivity contribution in [3.05, 3.63) is 94.5 Å². The molecule has 1 amide bonds. The van der Waals surface area contributed by atoms with E-state index < -0.39 is 39.2 Å². The second kappa shape index (κ2) is 10.1. The standard InChI is InChI=1S/C24H22ClF3N2O3S/c1-17-8-11-20(12-9-17)34(32,33)30(19-10-13-22(25)21(14-19)24(26,27)28)16-23(31)29(2)15-18-6-4-3-5-7-18/h3-14H,15-16H2,1-2H3. The fraction of sp³-hybridized carbons (Fsp3) is 0.208. The Morgan fingerprint density at radius 3 is 2.18 bits per heavy atom. The molecule has 0 aliphatic heterocycles. The minimum absolute atomic E-state index is 0.153. The topological polar surface area (TPSA) is 57.7 Å². The third-order valence-corrected chi connectivity index (χ3v) is 7.24. The molecule has 0 aromatic heterocycles. The monoisotopic (exact) mass is 510 g/mol. The van der Waals surface area contributed by atoms with E-state index in [0.717, 1.165) is 23.3 Å². The van der Waals surface area contributed by atoms with E-state index in [4.69, 9.17) is 11.6 Å². The molecule has 0 fully saturated rings. The summed E-state index contributed by atoms with van der Waals surface area (Å²) < 4.78 is 68.0. The summed E-state index contributed by atoms with van der Waals surface area (Å²) in [6.45, 7) is 1.27. The summed E-state index contributed by atoms with van der Waals surface area (Å²) in [6, 6.07) is 17.6. The minimum Gasteiger partial charge on any atom is -0.340 e. The van der Waals surface area contributed by atoms with Gasteiger partial charge in [-0.15, -0.1) is 0 Å². The molecule has 0 saturated carbocycles. The summed E-state index contributed by atoms with van der Waals surface area (Å²) in [5.74, 6) is -0.594. The summed E-state index contributed by atoms with van der Waals surface area (Å²) in [5, 5.41) is -0.573. The van der Waals surface area contributed by atoms with Crippen molar-refractivity contribution in [2.75, 3.05) is 17.9 Å². The van der Waals surface area contributed by atoms with Crippen LogP contribution in [0, 0.1) is 6.92 Å². The maximum Gasteiger partial charge on any atom is 0.417 e. The lowest BCUT2D eigenvalue weighted by Crippen LogP contribution is -2.41. The third kappa shape index (κ3) is 5.90. The van der Waals surface area contributed by atoms with Crippen LogP contribution >= 0.6 is 11.6 Å². The molecule has 0 aliphatic carbocycles. The van der Waals surface area contributed by atoms with Crippen LogP contribution in [0.5, 0.6) is 0 Å². The van der Waals surface area contributed by atoms with Gasteiger partial charge < -0.3 is 4.90 Å². The van der Waals surface area contributed by atoms with Crippen LogP contribution in [0.25, 0.3) is 0 Å². The van der Waals surface area contributed by atoms with Crippen molar-refractivity contribution < 1.29 is 26.4 Å². The van der Waals surface area contributed by atoms with E-state index in [1.807, 2.05) is 6.07 Å². The number of amides is 1. The highest BCUT2D eigenvalue weighted by molar-refractivity contribution is 7.92. The highest BCUT2D eigenvalue weighted by Crippen LogP contribution is 2.38. The largest absolute Gasteiger partial charge is 0.417 e. The lowest BCUT2D eigenvalue weighted by Gasteiger charge is -2.27. The Morgan fingerprint density at radius 2 is 1.59 bits per heavy atom. The van der Waals surface area contributed by atoms with Gasteiger partial charge in [0.2, 0.25) is 5.91 Å². The van der Waals surface area contributed by atoms with Gasteiger partial charge in [0.1, 0.15) is 6.54 Å². The Morgan fingerprint density at radius 1 is 0.971 bits per heavy atom. The fourth-order valence-electron chi connectivity index (χ4n) is 3.23. The number of nitrogens with zero attached hydrogens (tertiary/aromatic N) is 2. The highest BCUT2D eigenvalue weighted by atomic mass is 35.5. The van der Waals surface area contributed by atoms with E-state index >= 15 is 0 Å². The number of likely N-dealkylation sites (N-methyl/N-ethyl adjacent to an activating group) is 1. The number of sulfonamides is 1. The number of aryl methyl sites for hydroxylation is 1. The number of carbonyl (C=O) groups is 1. The molecule has 0 saturated heterocycles. The van der Waals surface area contributed by atoms with Crippen LogP contribution in [0.1, 0.15) is 16.7 Å². The van der Waals surface area contributed by atoms with Gasteiger partial charge in [0, 0.05) is 13.6 Å². The van der Waals surface area contributed by atoms with Gasteiger partial charge in [-0.05, 0) is 42.8 Å². The Kier molecular flexibility index (Phi) is 7.57. The zero-order valence-corrected chi connectivity index (χ0v) is 20.0. The van der Waals surface area contributed by atoms with Crippen LogP contribution in [-0.4, -0.2) is 32.8 Å². The average Bonchev–Trinajstić information content (AvgIpc) is 2.78. The van der Waals surface area contributed by atoms with Crippen LogP contribution in [0.2, 0.25) is 5.02 Å².